The summed E-state index contributed by atoms with van der Waals surface area (Å²) in [5.74, 6) is 1.52. The second-order valence-corrected chi connectivity index (χ2v) is 5.98. The minimum Gasteiger partial charge on any atom is -0.368 e. The van der Waals surface area contributed by atoms with Crippen LogP contribution in [0.25, 0.3) is 0 Å². The van der Waals surface area contributed by atoms with Gasteiger partial charge in [0.1, 0.15) is 0 Å². The molecule has 18 heavy (non-hydrogen) atoms. The Bertz CT molecular complexity index is 472. The van der Waals surface area contributed by atoms with E-state index in [0.717, 1.165) is 29.3 Å². The van der Waals surface area contributed by atoms with E-state index in [9.17, 15) is 0 Å². The first-order valence-corrected chi connectivity index (χ1v) is 6.32. The third kappa shape index (κ3) is 1.81. The molecule has 0 saturated heterocycles. The van der Waals surface area contributed by atoms with Crippen molar-refractivity contribution >= 4 is 0 Å². The summed E-state index contributed by atoms with van der Waals surface area (Å²) >= 11 is 0. The van der Waals surface area contributed by atoms with Gasteiger partial charge in [0.15, 0.2) is 0 Å². The summed E-state index contributed by atoms with van der Waals surface area (Å²) in [7, 11) is 0. The number of aromatic nitrogens is 1. The quantitative estimate of drug-likeness (QED) is 0.805. The number of rotatable bonds is 4. The number of hydrogen-bond acceptors (Lipinski definition) is 3. The molecule has 2 N–H and O–H groups in total. The predicted molar refractivity (Wildman–Crippen MR) is 71.7 cm³/mol. The van der Waals surface area contributed by atoms with Crippen LogP contribution in [0.2, 0.25) is 0 Å². The fourth-order valence-corrected chi connectivity index (χ4v) is 1.97. The van der Waals surface area contributed by atoms with Gasteiger partial charge in [0.25, 0.3) is 0 Å². The number of fused-ring (bicyclic) bond motifs is 1. The van der Waals surface area contributed by atoms with E-state index in [2.05, 4.69) is 51.8 Å². The molecule has 100 valence electrons. The highest BCUT2D eigenvalue weighted by atomic mass is 16.9. The first-order chi connectivity index (χ1) is 8.33. The van der Waals surface area contributed by atoms with Crippen LogP contribution in [0.5, 0.6) is 11.5 Å². The van der Waals surface area contributed by atoms with Gasteiger partial charge in [-0.05, 0) is 6.42 Å². The average molecular weight is 250 g/mol. The minimum atomic E-state index is -0.193. The summed E-state index contributed by atoms with van der Waals surface area (Å²) in [6, 6.07) is 0. The molecule has 1 aliphatic heterocycles. The number of hydrogen-bond donors (Lipinski definition) is 2. The fraction of sp³-hybridized carbons (Fsp3) is 0.571. The van der Waals surface area contributed by atoms with Crippen LogP contribution in [0.4, 0.5) is 0 Å². The Balaban J connectivity index is 2.59. The van der Waals surface area contributed by atoms with E-state index in [1.165, 1.54) is 0 Å². The van der Waals surface area contributed by atoms with E-state index in [4.69, 9.17) is 9.68 Å². The van der Waals surface area contributed by atoms with Crippen LogP contribution in [-0.4, -0.2) is 4.98 Å². The van der Waals surface area contributed by atoms with Crippen molar-refractivity contribution in [3.05, 3.63) is 24.0 Å². The topological polar surface area (TPSA) is 46.3 Å². The molecule has 2 rings (SSSR count). The van der Waals surface area contributed by atoms with Gasteiger partial charge in [-0.25, -0.2) is 0 Å². The van der Waals surface area contributed by atoms with Crippen molar-refractivity contribution in [3.8, 4) is 11.5 Å². The Morgan fingerprint density at radius 2 is 1.67 bits per heavy atom. The Morgan fingerprint density at radius 3 is 2.17 bits per heavy atom. The van der Waals surface area contributed by atoms with E-state index in [1.807, 2.05) is 6.08 Å². The maximum Gasteiger partial charge on any atom is 0.217 e. The van der Waals surface area contributed by atoms with Crippen molar-refractivity contribution in [1.29, 1.82) is 0 Å². The van der Waals surface area contributed by atoms with Gasteiger partial charge in [0, 0.05) is 16.5 Å². The van der Waals surface area contributed by atoms with Crippen LogP contribution in [0, 0.1) is 0 Å². The predicted octanol–water partition coefficient (Wildman–Crippen LogP) is 3.36. The SMILES string of the molecule is C=CC(C)(C)c1[nH]c(C(C)(C)CC)c2c1ONO2. The van der Waals surface area contributed by atoms with E-state index in [0.29, 0.717) is 0 Å². The molecular weight excluding hydrogens is 228 g/mol. The summed E-state index contributed by atoms with van der Waals surface area (Å²) in [5.41, 5.74) is 4.36. The van der Waals surface area contributed by atoms with E-state index < -0.39 is 0 Å². The van der Waals surface area contributed by atoms with Crippen molar-refractivity contribution in [2.24, 2.45) is 0 Å². The Kier molecular flexibility index (Phi) is 2.93. The maximum absolute atomic E-state index is 5.40. The lowest BCUT2D eigenvalue weighted by Gasteiger charge is -2.23. The molecule has 1 aromatic heterocycles. The molecule has 0 aliphatic carbocycles. The molecule has 0 atom stereocenters. The van der Waals surface area contributed by atoms with Gasteiger partial charge >= 0.3 is 0 Å². The van der Waals surface area contributed by atoms with Crippen molar-refractivity contribution in [3.63, 3.8) is 0 Å². The second-order valence-electron chi connectivity index (χ2n) is 5.98. The lowest BCUT2D eigenvalue weighted by Crippen LogP contribution is -2.23. The smallest absolute Gasteiger partial charge is 0.217 e. The maximum atomic E-state index is 5.40. The van der Waals surface area contributed by atoms with Crippen LogP contribution in [0.15, 0.2) is 12.7 Å². The van der Waals surface area contributed by atoms with Crippen LogP contribution in [0.1, 0.15) is 52.4 Å². The van der Waals surface area contributed by atoms with Gasteiger partial charge in [-0.3, -0.25) is 0 Å². The van der Waals surface area contributed by atoms with Crippen molar-refractivity contribution in [1.82, 2.24) is 10.6 Å². The van der Waals surface area contributed by atoms with Crippen LogP contribution in [-0.2, 0) is 10.8 Å². The molecule has 1 aliphatic rings. The molecule has 0 aromatic carbocycles. The van der Waals surface area contributed by atoms with Gasteiger partial charge in [-0.2, -0.15) is 0 Å². The van der Waals surface area contributed by atoms with E-state index in [1.54, 1.807) is 0 Å². The fourth-order valence-electron chi connectivity index (χ4n) is 1.97. The molecule has 0 radical (unpaired) electrons. The third-order valence-corrected chi connectivity index (χ3v) is 3.91. The van der Waals surface area contributed by atoms with Crippen molar-refractivity contribution in [2.75, 3.05) is 0 Å². The highest BCUT2D eigenvalue weighted by molar-refractivity contribution is 5.55. The molecule has 0 amide bonds. The van der Waals surface area contributed by atoms with Crippen LogP contribution < -0.4 is 15.3 Å². The molecule has 0 saturated carbocycles. The molecule has 2 heterocycles. The molecule has 1 aromatic rings. The highest BCUT2D eigenvalue weighted by Gasteiger charge is 2.37. The van der Waals surface area contributed by atoms with Crippen molar-refractivity contribution in [2.45, 2.75) is 51.9 Å². The lowest BCUT2D eigenvalue weighted by atomic mass is 9.86. The number of H-pyrrole nitrogens is 1. The third-order valence-electron chi connectivity index (χ3n) is 3.91. The Morgan fingerprint density at radius 1 is 1.11 bits per heavy atom. The minimum absolute atomic E-state index is 0.00889. The second kappa shape index (κ2) is 4.05. The molecule has 0 fully saturated rings. The number of allylic oxidation sites excluding steroid dienone is 1. The van der Waals surface area contributed by atoms with Crippen LogP contribution >= 0.6 is 0 Å². The molecule has 0 bridgehead atoms. The van der Waals surface area contributed by atoms with Gasteiger partial charge in [0.2, 0.25) is 11.5 Å². The standard InChI is InChI=1S/C14H22N2O2/c1-7-13(3,4)11-9-10(18-16-17-9)12(15-11)14(5,6)8-2/h7,15-16H,1,8H2,2-6H3. The summed E-state index contributed by atoms with van der Waals surface area (Å²) in [5, 5.41) is 0. The van der Waals surface area contributed by atoms with Gasteiger partial charge in [0.05, 0.1) is 11.4 Å². The lowest BCUT2D eigenvalue weighted by molar-refractivity contribution is 0.0224. The van der Waals surface area contributed by atoms with E-state index >= 15 is 0 Å². The number of nitrogens with one attached hydrogen (secondary N) is 2. The molecule has 4 heteroatoms. The van der Waals surface area contributed by atoms with Gasteiger partial charge in [-0.1, -0.05) is 40.7 Å². The summed E-state index contributed by atoms with van der Waals surface area (Å²) in [6.45, 7) is 14.6. The molecule has 0 spiro atoms. The monoisotopic (exact) mass is 250 g/mol. The van der Waals surface area contributed by atoms with Gasteiger partial charge < -0.3 is 14.7 Å². The first kappa shape index (κ1) is 13.0. The van der Waals surface area contributed by atoms with Crippen molar-refractivity contribution < 1.29 is 9.68 Å². The zero-order valence-corrected chi connectivity index (χ0v) is 11.8. The summed E-state index contributed by atoms with van der Waals surface area (Å²) in [4.78, 5) is 14.3. The molecular formula is C14H22N2O2. The molecule has 0 unspecified atom stereocenters. The zero-order chi connectivity index (χ0) is 13.6. The Labute approximate surface area is 108 Å². The Hall–Kier alpha value is -1.42. The average Bonchev–Trinajstić information content (AvgIpc) is 2.89. The summed E-state index contributed by atoms with van der Waals surface area (Å²) < 4.78 is 0. The van der Waals surface area contributed by atoms with Crippen LogP contribution in [0.3, 0.4) is 0 Å². The first-order valence-electron chi connectivity index (χ1n) is 6.32. The normalized spacial score (nSPS) is 14.9. The van der Waals surface area contributed by atoms with Gasteiger partial charge in [-0.15, -0.1) is 6.58 Å². The molecule has 4 nitrogen and oxygen atoms in total. The largest absolute Gasteiger partial charge is 0.368 e. The zero-order valence-electron chi connectivity index (χ0n) is 11.8. The number of aromatic amines is 1. The highest BCUT2D eigenvalue weighted by Crippen LogP contribution is 2.47. The summed E-state index contributed by atoms with van der Waals surface area (Å²) in [6.07, 6.45) is 2.92. The van der Waals surface area contributed by atoms with E-state index in [-0.39, 0.29) is 10.8 Å².